The fraction of sp³-hybridized carbons (Fsp3) is 0.538. The highest BCUT2D eigenvalue weighted by atomic mass is 35.5. The maximum Gasteiger partial charge on any atom is 0.0740 e. The molecule has 1 aromatic carbocycles. The topological polar surface area (TPSA) is 21.3 Å². The van der Waals surface area contributed by atoms with Crippen molar-refractivity contribution in [3.63, 3.8) is 0 Å². The Labute approximate surface area is 102 Å². The van der Waals surface area contributed by atoms with E-state index in [1.807, 2.05) is 12.1 Å². The average molecular weight is 240 g/mol. The lowest BCUT2D eigenvalue weighted by Gasteiger charge is -2.36. The number of nitrogens with one attached hydrogen (secondary N) is 1. The van der Waals surface area contributed by atoms with Gasteiger partial charge < -0.3 is 10.1 Å². The van der Waals surface area contributed by atoms with Crippen LogP contribution in [0, 0.1) is 0 Å². The van der Waals surface area contributed by atoms with E-state index in [0.29, 0.717) is 0 Å². The monoisotopic (exact) mass is 239 g/mol. The molecule has 0 amide bonds. The van der Waals surface area contributed by atoms with Crippen molar-refractivity contribution >= 4 is 11.6 Å². The van der Waals surface area contributed by atoms with Crippen LogP contribution in [0.15, 0.2) is 24.3 Å². The second-order valence-electron chi connectivity index (χ2n) is 5.03. The van der Waals surface area contributed by atoms with Gasteiger partial charge in [-0.25, -0.2) is 0 Å². The number of hydrogen-bond donors (Lipinski definition) is 1. The smallest absolute Gasteiger partial charge is 0.0740 e. The first-order valence-corrected chi connectivity index (χ1v) is 6.04. The summed E-state index contributed by atoms with van der Waals surface area (Å²) in [6.07, 6.45) is 1.22. The van der Waals surface area contributed by atoms with Crippen LogP contribution >= 0.6 is 11.6 Å². The van der Waals surface area contributed by atoms with Gasteiger partial charge in [0.15, 0.2) is 0 Å². The molecule has 0 aliphatic carbocycles. The van der Waals surface area contributed by atoms with E-state index < -0.39 is 0 Å². The Hall–Kier alpha value is -0.570. The quantitative estimate of drug-likeness (QED) is 0.857. The van der Waals surface area contributed by atoms with Gasteiger partial charge in [0.1, 0.15) is 0 Å². The molecule has 0 radical (unpaired) electrons. The van der Waals surface area contributed by atoms with Crippen LogP contribution < -0.4 is 5.32 Å². The summed E-state index contributed by atoms with van der Waals surface area (Å²) in [5.41, 5.74) is 1.38. The van der Waals surface area contributed by atoms with Crippen molar-refractivity contribution in [2.75, 3.05) is 13.2 Å². The summed E-state index contributed by atoms with van der Waals surface area (Å²) in [6.45, 7) is 6.00. The molecule has 1 heterocycles. The van der Waals surface area contributed by atoms with Gasteiger partial charge in [-0.05, 0) is 38.0 Å². The Bertz CT molecular complexity index is 337. The number of benzene rings is 1. The maximum atomic E-state index is 5.85. The highest BCUT2D eigenvalue weighted by Gasteiger charge is 2.26. The first kappa shape index (κ1) is 11.9. The second kappa shape index (κ2) is 4.74. The summed E-state index contributed by atoms with van der Waals surface area (Å²) in [4.78, 5) is 0. The largest absolute Gasteiger partial charge is 0.375 e. The molecule has 0 aromatic heterocycles. The minimum Gasteiger partial charge on any atom is -0.375 e. The fourth-order valence-electron chi connectivity index (χ4n) is 1.84. The molecule has 0 spiro atoms. The van der Waals surface area contributed by atoms with E-state index in [9.17, 15) is 0 Å². The Morgan fingerprint density at radius 2 is 2.06 bits per heavy atom. The lowest BCUT2D eigenvalue weighted by molar-refractivity contribution is -0.0206. The molecule has 3 heteroatoms. The standard InChI is InChI=1S/C13H18ClNO/c1-13(2)9-16-12(8-15-13)7-10-3-5-11(14)6-4-10/h3-6,12,15H,7-9H2,1-2H3. The van der Waals surface area contributed by atoms with E-state index in [4.69, 9.17) is 16.3 Å². The van der Waals surface area contributed by atoms with Crippen molar-refractivity contribution in [2.24, 2.45) is 0 Å². The number of hydrogen-bond acceptors (Lipinski definition) is 2. The van der Waals surface area contributed by atoms with Gasteiger partial charge in [-0.1, -0.05) is 23.7 Å². The van der Waals surface area contributed by atoms with Crippen LogP contribution in [-0.2, 0) is 11.2 Å². The average Bonchev–Trinajstić information content (AvgIpc) is 2.24. The summed E-state index contributed by atoms with van der Waals surface area (Å²) >= 11 is 5.85. The SMILES string of the molecule is CC1(C)COC(Cc2ccc(Cl)cc2)CN1. The Morgan fingerprint density at radius 1 is 1.38 bits per heavy atom. The first-order chi connectivity index (χ1) is 7.55. The number of ether oxygens (including phenoxy) is 1. The van der Waals surface area contributed by atoms with Crippen LogP contribution in [0.5, 0.6) is 0 Å². The normalized spacial score (nSPS) is 24.3. The molecule has 1 N–H and O–H groups in total. The summed E-state index contributed by atoms with van der Waals surface area (Å²) in [5.74, 6) is 0. The zero-order chi connectivity index (χ0) is 11.6. The number of rotatable bonds is 2. The van der Waals surface area contributed by atoms with Gasteiger partial charge in [0, 0.05) is 17.1 Å². The molecule has 1 unspecified atom stereocenters. The molecule has 0 saturated carbocycles. The van der Waals surface area contributed by atoms with Crippen molar-refractivity contribution in [1.29, 1.82) is 0 Å². The molecule has 1 saturated heterocycles. The third kappa shape index (κ3) is 3.21. The molecular formula is C13H18ClNO. The molecular weight excluding hydrogens is 222 g/mol. The van der Waals surface area contributed by atoms with E-state index in [-0.39, 0.29) is 11.6 Å². The van der Waals surface area contributed by atoms with E-state index in [1.54, 1.807) is 0 Å². The van der Waals surface area contributed by atoms with Gasteiger partial charge in [0.05, 0.1) is 12.7 Å². The summed E-state index contributed by atoms with van der Waals surface area (Å²) < 4.78 is 5.83. The lowest BCUT2D eigenvalue weighted by Crippen LogP contribution is -2.53. The molecule has 88 valence electrons. The molecule has 1 aliphatic heterocycles. The van der Waals surface area contributed by atoms with Crippen LogP contribution in [-0.4, -0.2) is 24.8 Å². The van der Waals surface area contributed by atoms with E-state index in [2.05, 4.69) is 31.3 Å². The molecule has 1 fully saturated rings. The number of halogens is 1. The highest BCUT2D eigenvalue weighted by molar-refractivity contribution is 6.30. The van der Waals surface area contributed by atoms with E-state index in [0.717, 1.165) is 24.6 Å². The predicted octanol–water partition coefficient (Wildman–Crippen LogP) is 2.65. The van der Waals surface area contributed by atoms with Gasteiger partial charge in [0.2, 0.25) is 0 Å². The third-order valence-electron chi connectivity index (χ3n) is 2.86. The van der Waals surface area contributed by atoms with Crippen LogP contribution in [0.3, 0.4) is 0 Å². The highest BCUT2D eigenvalue weighted by Crippen LogP contribution is 2.16. The van der Waals surface area contributed by atoms with Crippen molar-refractivity contribution < 1.29 is 4.74 Å². The Morgan fingerprint density at radius 3 is 2.62 bits per heavy atom. The summed E-state index contributed by atoms with van der Waals surface area (Å²) in [5, 5.41) is 4.27. The summed E-state index contributed by atoms with van der Waals surface area (Å²) in [6, 6.07) is 7.98. The zero-order valence-corrected chi connectivity index (χ0v) is 10.6. The molecule has 1 atom stereocenters. The molecule has 2 rings (SSSR count). The van der Waals surface area contributed by atoms with Crippen molar-refractivity contribution in [2.45, 2.75) is 31.9 Å². The van der Waals surface area contributed by atoms with Gasteiger partial charge in [-0.2, -0.15) is 0 Å². The minimum atomic E-state index is 0.108. The first-order valence-electron chi connectivity index (χ1n) is 5.66. The molecule has 2 nitrogen and oxygen atoms in total. The number of morpholine rings is 1. The molecule has 0 bridgehead atoms. The second-order valence-corrected chi connectivity index (χ2v) is 5.46. The van der Waals surface area contributed by atoms with Crippen molar-refractivity contribution in [3.05, 3.63) is 34.9 Å². The van der Waals surface area contributed by atoms with Gasteiger partial charge in [0.25, 0.3) is 0 Å². The predicted molar refractivity (Wildman–Crippen MR) is 67.0 cm³/mol. The van der Waals surface area contributed by atoms with Gasteiger partial charge in [-0.3, -0.25) is 0 Å². The van der Waals surface area contributed by atoms with Crippen molar-refractivity contribution in [3.8, 4) is 0 Å². The minimum absolute atomic E-state index is 0.108. The van der Waals surface area contributed by atoms with E-state index in [1.165, 1.54) is 5.56 Å². The Kier molecular flexibility index (Phi) is 3.53. The van der Waals surface area contributed by atoms with Gasteiger partial charge in [-0.15, -0.1) is 0 Å². The van der Waals surface area contributed by atoms with E-state index >= 15 is 0 Å². The van der Waals surface area contributed by atoms with Crippen LogP contribution in [0.4, 0.5) is 0 Å². The fourth-order valence-corrected chi connectivity index (χ4v) is 1.97. The molecule has 16 heavy (non-hydrogen) atoms. The van der Waals surface area contributed by atoms with Gasteiger partial charge >= 0.3 is 0 Å². The maximum absolute atomic E-state index is 5.85. The van der Waals surface area contributed by atoms with Crippen LogP contribution in [0.1, 0.15) is 19.4 Å². The van der Waals surface area contributed by atoms with Crippen molar-refractivity contribution in [1.82, 2.24) is 5.32 Å². The van der Waals surface area contributed by atoms with Crippen LogP contribution in [0.2, 0.25) is 5.02 Å². The summed E-state index contributed by atoms with van der Waals surface area (Å²) in [7, 11) is 0. The molecule has 1 aliphatic rings. The van der Waals surface area contributed by atoms with Crippen LogP contribution in [0.25, 0.3) is 0 Å². The zero-order valence-electron chi connectivity index (χ0n) is 9.79. The lowest BCUT2D eigenvalue weighted by atomic mass is 10.0. The Balaban J connectivity index is 1.89. The third-order valence-corrected chi connectivity index (χ3v) is 3.12. The molecule has 1 aromatic rings.